The second-order valence-corrected chi connectivity index (χ2v) is 10.2. The van der Waals surface area contributed by atoms with Gasteiger partial charge in [0.05, 0.1) is 0 Å². The van der Waals surface area contributed by atoms with Gasteiger partial charge in [0.15, 0.2) is 0 Å². The molecule has 4 aliphatic rings. The molecule has 0 bridgehead atoms. The number of piperidine rings is 2. The Morgan fingerprint density at radius 1 is 0.920 bits per heavy atom. The van der Waals surface area contributed by atoms with Crippen LogP contribution < -0.4 is 0 Å². The van der Waals surface area contributed by atoms with Gasteiger partial charge in [-0.1, -0.05) is 0 Å². The van der Waals surface area contributed by atoms with Gasteiger partial charge in [0.25, 0.3) is 0 Å². The molecule has 4 rings (SSSR count). The summed E-state index contributed by atoms with van der Waals surface area (Å²) < 4.78 is 0. The first-order valence-corrected chi connectivity index (χ1v) is 10.8. The highest BCUT2D eigenvalue weighted by atomic mass is 15.3. The molecule has 4 nitrogen and oxygen atoms in total. The van der Waals surface area contributed by atoms with Crippen molar-refractivity contribution in [2.75, 3.05) is 59.9 Å². The summed E-state index contributed by atoms with van der Waals surface area (Å²) in [4.78, 5) is 10.8. The maximum Gasteiger partial charge on any atom is 0.0338 e. The second kappa shape index (κ2) is 6.78. The van der Waals surface area contributed by atoms with Gasteiger partial charge in [-0.3, -0.25) is 9.80 Å². The van der Waals surface area contributed by atoms with Crippen molar-refractivity contribution < 1.29 is 0 Å². The fourth-order valence-electron chi connectivity index (χ4n) is 6.23. The van der Waals surface area contributed by atoms with Crippen molar-refractivity contribution in [1.82, 2.24) is 19.6 Å². The minimum Gasteiger partial charge on any atom is -0.306 e. The predicted octanol–water partition coefficient (Wildman–Crippen LogP) is 2.35. The number of hydrogen-bond donors (Lipinski definition) is 0. The summed E-state index contributed by atoms with van der Waals surface area (Å²) >= 11 is 0. The zero-order chi connectivity index (χ0) is 17.7. The van der Waals surface area contributed by atoms with Gasteiger partial charge in [0.1, 0.15) is 0 Å². The molecule has 4 heterocycles. The molecule has 0 aromatic carbocycles. The molecule has 2 atom stereocenters. The largest absolute Gasteiger partial charge is 0.306 e. The number of nitrogens with zero attached hydrogens (tertiary/aromatic N) is 4. The highest BCUT2D eigenvalue weighted by Gasteiger charge is 2.49. The normalized spacial score (nSPS) is 38.0. The quantitative estimate of drug-likeness (QED) is 0.776. The number of rotatable bonds is 3. The molecule has 0 N–H and O–H groups in total. The summed E-state index contributed by atoms with van der Waals surface area (Å²) in [6, 6.07) is 1.49. The zero-order valence-electron chi connectivity index (χ0n) is 17.1. The van der Waals surface area contributed by atoms with Gasteiger partial charge in [-0.15, -0.1) is 0 Å². The van der Waals surface area contributed by atoms with Gasteiger partial charge < -0.3 is 9.80 Å². The molecule has 0 aliphatic carbocycles. The fraction of sp³-hybridized carbons (Fsp3) is 1.00. The van der Waals surface area contributed by atoms with Crippen molar-refractivity contribution in [2.45, 2.75) is 70.0 Å². The van der Waals surface area contributed by atoms with E-state index in [0.717, 1.165) is 6.04 Å². The Morgan fingerprint density at radius 3 is 2.32 bits per heavy atom. The molecule has 4 fully saturated rings. The van der Waals surface area contributed by atoms with Crippen molar-refractivity contribution in [3.05, 3.63) is 0 Å². The second-order valence-electron chi connectivity index (χ2n) is 10.2. The maximum atomic E-state index is 2.81. The molecule has 0 amide bonds. The van der Waals surface area contributed by atoms with Gasteiger partial charge in [-0.2, -0.15) is 0 Å². The molecule has 0 saturated carbocycles. The van der Waals surface area contributed by atoms with E-state index in [9.17, 15) is 0 Å². The topological polar surface area (TPSA) is 13.0 Å². The maximum absolute atomic E-state index is 2.81. The third-order valence-electron chi connectivity index (χ3n) is 8.19. The standard InChI is InChI=1S/C21H40N4/c1-18(2)25-11-5-7-21(17-25)8-6-19(23(21)4)14-24-15-20(16-24)9-12-22(3)13-10-20/h18-19H,5-17H2,1-4H3. The molecule has 2 unspecified atom stereocenters. The fourth-order valence-corrected chi connectivity index (χ4v) is 6.23. The molecule has 2 spiro atoms. The Kier molecular flexibility index (Phi) is 4.94. The molecule has 0 aromatic heterocycles. The van der Waals surface area contributed by atoms with E-state index in [1.54, 1.807) is 0 Å². The average molecular weight is 349 g/mol. The minimum atomic E-state index is 0.475. The molecule has 0 radical (unpaired) electrons. The van der Waals surface area contributed by atoms with Crippen LogP contribution in [0.1, 0.15) is 52.4 Å². The van der Waals surface area contributed by atoms with Crippen molar-refractivity contribution in [3.8, 4) is 0 Å². The minimum absolute atomic E-state index is 0.475. The van der Waals surface area contributed by atoms with E-state index in [4.69, 9.17) is 0 Å². The lowest BCUT2D eigenvalue weighted by molar-refractivity contribution is -0.0573. The Hall–Kier alpha value is -0.160. The van der Waals surface area contributed by atoms with Crippen molar-refractivity contribution in [1.29, 1.82) is 0 Å². The molecule has 4 saturated heterocycles. The lowest BCUT2D eigenvalue weighted by Gasteiger charge is -2.55. The third kappa shape index (κ3) is 3.40. The van der Waals surface area contributed by atoms with Crippen LogP contribution in [0.5, 0.6) is 0 Å². The summed E-state index contributed by atoms with van der Waals surface area (Å²) in [5.74, 6) is 0. The first-order chi connectivity index (χ1) is 11.9. The summed E-state index contributed by atoms with van der Waals surface area (Å²) in [6.45, 7) is 14.0. The molecule has 4 aliphatic heterocycles. The van der Waals surface area contributed by atoms with E-state index in [1.807, 2.05) is 0 Å². The Bertz CT molecular complexity index is 463. The van der Waals surface area contributed by atoms with Crippen LogP contribution in [0.15, 0.2) is 0 Å². The van der Waals surface area contributed by atoms with Crippen LogP contribution in [0.2, 0.25) is 0 Å². The summed E-state index contributed by atoms with van der Waals surface area (Å²) in [5, 5.41) is 0. The van der Waals surface area contributed by atoms with Crippen LogP contribution in [0, 0.1) is 5.41 Å². The number of likely N-dealkylation sites (tertiary alicyclic amines) is 4. The molecule has 4 heteroatoms. The van der Waals surface area contributed by atoms with Gasteiger partial charge >= 0.3 is 0 Å². The smallest absolute Gasteiger partial charge is 0.0338 e. The van der Waals surface area contributed by atoms with Gasteiger partial charge in [0.2, 0.25) is 0 Å². The molecular weight excluding hydrogens is 308 g/mol. The monoisotopic (exact) mass is 348 g/mol. The SMILES string of the molecule is CC(C)N1CCCC2(CCC(CN3CC4(CCN(C)CC4)C3)N2C)C1. The van der Waals surface area contributed by atoms with Gasteiger partial charge in [0, 0.05) is 43.8 Å². The number of hydrogen-bond acceptors (Lipinski definition) is 4. The molecule has 0 aromatic rings. The summed E-state index contributed by atoms with van der Waals surface area (Å²) in [7, 11) is 4.72. The van der Waals surface area contributed by atoms with Gasteiger partial charge in [-0.25, -0.2) is 0 Å². The lowest BCUT2D eigenvalue weighted by Crippen LogP contribution is -2.63. The zero-order valence-corrected chi connectivity index (χ0v) is 17.1. The van der Waals surface area contributed by atoms with Crippen LogP contribution in [0.25, 0.3) is 0 Å². The average Bonchev–Trinajstić information content (AvgIpc) is 2.85. The summed E-state index contributed by atoms with van der Waals surface area (Å²) in [6.07, 6.45) is 8.48. The van der Waals surface area contributed by atoms with E-state index < -0.39 is 0 Å². The van der Waals surface area contributed by atoms with Crippen LogP contribution in [0.4, 0.5) is 0 Å². The first kappa shape index (κ1) is 18.2. The predicted molar refractivity (Wildman–Crippen MR) is 105 cm³/mol. The van der Waals surface area contributed by atoms with E-state index in [1.165, 1.54) is 84.3 Å². The Morgan fingerprint density at radius 2 is 1.64 bits per heavy atom. The van der Waals surface area contributed by atoms with E-state index in [-0.39, 0.29) is 0 Å². The first-order valence-electron chi connectivity index (χ1n) is 10.8. The Balaban J connectivity index is 1.30. The molecule has 144 valence electrons. The van der Waals surface area contributed by atoms with Crippen LogP contribution in [0.3, 0.4) is 0 Å². The summed E-state index contributed by atoms with van der Waals surface area (Å²) in [5.41, 5.74) is 1.16. The van der Waals surface area contributed by atoms with Crippen molar-refractivity contribution in [3.63, 3.8) is 0 Å². The van der Waals surface area contributed by atoms with E-state index in [2.05, 4.69) is 47.5 Å². The van der Waals surface area contributed by atoms with Crippen molar-refractivity contribution in [2.24, 2.45) is 5.41 Å². The third-order valence-corrected chi connectivity index (χ3v) is 8.19. The highest BCUT2D eigenvalue weighted by molar-refractivity contribution is 5.06. The van der Waals surface area contributed by atoms with Crippen LogP contribution in [-0.2, 0) is 0 Å². The lowest BCUT2D eigenvalue weighted by atomic mass is 9.72. The van der Waals surface area contributed by atoms with Crippen LogP contribution in [-0.4, -0.2) is 97.1 Å². The number of likely N-dealkylation sites (N-methyl/N-ethyl adjacent to an activating group) is 1. The Labute approximate surface area is 155 Å². The van der Waals surface area contributed by atoms with Crippen LogP contribution >= 0.6 is 0 Å². The van der Waals surface area contributed by atoms with E-state index in [0.29, 0.717) is 17.0 Å². The molecular formula is C21H40N4. The van der Waals surface area contributed by atoms with Crippen molar-refractivity contribution >= 4 is 0 Å². The van der Waals surface area contributed by atoms with E-state index >= 15 is 0 Å². The molecule has 25 heavy (non-hydrogen) atoms. The highest BCUT2D eigenvalue weighted by Crippen LogP contribution is 2.43. The van der Waals surface area contributed by atoms with Gasteiger partial charge in [-0.05, 0) is 91.5 Å².